The lowest BCUT2D eigenvalue weighted by atomic mass is 10.2. The summed E-state index contributed by atoms with van der Waals surface area (Å²) in [7, 11) is -3.65. The molecule has 7 nitrogen and oxygen atoms in total. The molecule has 132 valence electrons. The molecule has 0 bridgehead atoms. The number of nitriles is 1. The number of amides is 1. The Morgan fingerprint density at radius 2 is 1.83 bits per heavy atom. The van der Waals surface area contributed by atoms with Crippen molar-refractivity contribution in [2.45, 2.75) is 38.2 Å². The summed E-state index contributed by atoms with van der Waals surface area (Å²) in [5.41, 5.74) is -0.186. The van der Waals surface area contributed by atoms with E-state index in [0.29, 0.717) is 5.56 Å². The molecular formula is C16H23N3O4S. The van der Waals surface area contributed by atoms with Crippen molar-refractivity contribution in [1.29, 1.82) is 5.26 Å². The lowest BCUT2D eigenvalue weighted by Crippen LogP contribution is -2.38. The highest BCUT2D eigenvalue weighted by molar-refractivity contribution is 7.89. The van der Waals surface area contributed by atoms with Crippen LogP contribution in [-0.2, 0) is 14.8 Å². The number of hydrogen-bond donors (Lipinski definition) is 2. The minimum atomic E-state index is -3.65. The molecule has 1 aromatic rings. The Morgan fingerprint density at radius 3 is 2.33 bits per heavy atom. The van der Waals surface area contributed by atoms with Crippen LogP contribution in [0.4, 0.5) is 4.79 Å². The maximum absolute atomic E-state index is 12.2. The largest absolute Gasteiger partial charge is 0.444 e. The van der Waals surface area contributed by atoms with Gasteiger partial charge in [-0.15, -0.1) is 0 Å². The lowest BCUT2D eigenvalue weighted by molar-refractivity contribution is 0.0521. The quantitative estimate of drug-likeness (QED) is 0.813. The van der Waals surface area contributed by atoms with Gasteiger partial charge in [0.2, 0.25) is 10.0 Å². The molecule has 1 amide bonds. The van der Waals surface area contributed by atoms with Gasteiger partial charge in [-0.25, -0.2) is 17.9 Å². The van der Waals surface area contributed by atoms with Crippen LogP contribution in [0.2, 0.25) is 0 Å². The summed E-state index contributed by atoms with van der Waals surface area (Å²) in [4.78, 5) is 11.6. The first-order valence-corrected chi connectivity index (χ1v) is 8.98. The number of alkyl carbamates (subject to hydrolysis) is 1. The number of benzene rings is 1. The van der Waals surface area contributed by atoms with Gasteiger partial charge in [-0.3, -0.25) is 0 Å². The zero-order valence-corrected chi connectivity index (χ0v) is 15.1. The summed E-state index contributed by atoms with van der Waals surface area (Å²) in [6.45, 7) is 7.55. The van der Waals surface area contributed by atoms with Crippen molar-refractivity contribution in [3.05, 3.63) is 29.8 Å². The summed E-state index contributed by atoms with van der Waals surface area (Å²) in [6.07, 6.45) is -0.538. The molecule has 0 spiro atoms. The van der Waals surface area contributed by atoms with Gasteiger partial charge in [-0.2, -0.15) is 5.26 Å². The average molecular weight is 353 g/mol. The van der Waals surface area contributed by atoms with E-state index in [2.05, 4.69) is 10.0 Å². The van der Waals surface area contributed by atoms with E-state index in [1.54, 1.807) is 27.7 Å². The van der Waals surface area contributed by atoms with Gasteiger partial charge in [-0.05, 0) is 51.0 Å². The molecule has 1 unspecified atom stereocenters. The van der Waals surface area contributed by atoms with Gasteiger partial charge in [0.25, 0.3) is 0 Å². The van der Waals surface area contributed by atoms with Crippen molar-refractivity contribution >= 4 is 16.1 Å². The van der Waals surface area contributed by atoms with Crippen molar-refractivity contribution < 1.29 is 17.9 Å². The SMILES string of the molecule is CC(CNC(=O)OC(C)(C)C)CNS(=O)(=O)c1ccc(C#N)cc1. The monoisotopic (exact) mass is 353 g/mol. The van der Waals surface area contributed by atoms with E-state index >= 15 is 0 Å². The van der Waals surface area contributed by atoms with E-state index in [9.17, 15) is 13.2 Å². The molecule has 1 atom stereocenters. The Hall–Kier alpha value is -2.11. The first kappa shape index (κ1) is 19.9. The van der Waals surface area contributed by atoms with Crippen LogP contribution < -0.4 is 10.0 Å². The van der Waals surface area contributed by atoms with Crippen LogP contribution in [0.15, 0.2) is 29.2 Å². The number of carbonyl (C=O) groups excluding carboxylic acids is 1. The molecule has 0 saturated heterocycles. The van der Waals surface area contributed by atoms with Gasteiger partial charge in [0.1, 0.15) is 5.60 Å². The van der Waals surface area contributed by atoms with Crippen LogP contribution in [0.3, 0.4) is 0 Å². The molecule has 0 aliphatic heterocycles. The highest BCUT2D eigenvalue weighted by Crippen LogP contribution is 2.10. The van der Waals surface area contributed by atoms with Crippen molar-refractivity contribution in [2.24, 2.45) is 5.92 Å². The zero-order valence-electron chi connectivity index (χ0n) is 14.3. The topological polar surface area (TPSA) is 108 Å². The highest BCUT2D eigenvalue weighted by Gasteiger charge is 2.18. The summed E-state index contributed by atoms with van der Waals surface area (Å²) in [5, 5.41) is 11.3. The van der Waals surface area contributed by atoms with Crippen LogP contribution in [0.25, 0.3) is 0 Å². The molecule has 8 heteroatoms. The molecule has 1 rings (SSSR count). The van der Waals surface area contributed by atoms with Crippen LogP contribution in [0, 0.1) is 17.2 Å². The molecule has 0 aliphatic rings. The summed E-state index contributed by atoms with van der Waals surface area (Å²) < 4.78 is 31.9. The standard InChI is InChI=1S/C16H23N3O4S/c1-12(10-18-15(20)23-16(2,3)4)11-19-24(21,22)14-7-5-13(9-17)6-8-14/h5-8,12,19H,10-11H2,1-4H3,(H,18,20). The summed E-state index contributed by atoms with van der Waals surface area (Å²) >= 11 is 0. The van der Waals surface area contributed by atoms with Gasteiger partial charge in [-0.1, -0.05) is 6.92 Å². The summed E-state index contributed by atoms with van der Waals surface area (Å²) in [5.74, 6) is -0.120. The second-order valence-corrected chi connectivity index (χ2v) is 8.24. The number of nitrogens with zero attached hydrogens (tertiary/aromatic N) is 1. The Bertz CT molecular complexity index is 700. The maximum atomic E-state index is 12.2. The predicted octanol–water partition coefficient (Wildman–Crippen LogP) is 2.00. The number of ether oxygens (including phenoxy) is 1. The Morgan fingerprint density at radius 1 is 1.25 bits per heavy atom. The minimum absolute atomic E-state index is 0.0915. The highest BCUT2D eigenvalue weighted by atomic mass is 32.2. The second kappa shape index (κ2) is 8.13. The third kappa shape index (κ3) is 6.98. The molecule has 0 radical (unpaired) electrons. The first-order chi connectivity index (χ1) is 11.0. The lowest BCUT2D eigenvalue weighted by Gasteiger charge is -2.21. The molecule has 0 fully saturated rings. The third-order valence-electron chi connectivity index (χ3n) is 2.91. The second-order valence-electron chi connectivity index (χ2n) is 6.48. The van der Waals surface area contributed by atoms with E-state index in [4.69, 9.17) is 10.00 Å². The Labute approximate surface area is 143 Å². The third-order valence-corrected chi connectivity index (χ3v) is 4.35. The molecule has 0 heterocycles. The van der Waals surface area contributed by atoms with Crippen molar-refractivity contribution in [1.82, 2.24) is 10.0 Å². The predicted molar refractivity (Wildman–Crippen MR) is 89.7 cm³/mol. The van der Waals surface area contributed by atoms with Gasteiger partial charge in [0.15, 0.2) is 0 Å². The van der Waals surface area contributed by atoms with E-state index in [-0.39, 0.29) is 23.9 Å². The van der Waals surface area contributed by atoms with Crippen LogP contribution >= 0.6 is 0 Å². The fourth-order valence-corrected chi connectivity index (χ4v) is 2.85. The van der Waals surface area contributed by atoms with Crippen LogP contribution in [0.1, 0.15) is 33.3 Å². The van der Waals surface area contributed by atoms with Gasteiger partial charge in [0.05, 0.1) is 16.5 Å². The maximum Gasteiger partial charge on any atom is 0.407 e. The van der Waals surface area contributed by atoms with Crippen molar-refractivity contribution in [3.63, 3.8) is 0 Å². The minimum Gasteiger partial charge on any atom is -0.444 e. The van der Waals surface area contributed by atoms with E-state index in [0.717, 1.165) is 0 Å². The number of hydrogen-bond acceptors (Lipinski definition) is 5. The van der Waals surface area contributed by atoms with E-state index in [1.807, 2.05) is 6.07 Å². The average Bonchev–Trinajstić information content (AvgIpc) is 2.49. The van der Waals surface area contributed by atoms with Crippen molar-refractivity contribution in [2.75, 3.05) is 13.1 Å². The molecule has 0 aliphatic carbocycles. The number of rotatable bonds is 6. The fourth-order valence-electron chi connectivity index (χ4n) is 1.69. The van der Waals surface area contributed by atoms with Gasteiger partial charge >= 0.3 is 6.09 Å². The molecule has 0 saturated carbocycles. The van der Waals surface area contributed by atoms with Gasteiger partial charge in [0, 0.05) is 13.1 Å². The normalized spacial score (nSPS) is 13.0. The fraction of sp³-hybridized carbons (Fsp3) is 0.500. The smallest absolute Gasteiger partial charge is 0.407 e. The summed E-state index contributed by atoms with van der Waals surface area (Å²) in [6, 6.07) is 7.58. The molecule has 24 heavy (non-hydrogen) atoms. The zero-order chi connectivity index (χ0) is 18.4. The molecule has 1 aromatic carbocycles. The van der Waals surface area contributed by atoms with Crippen LogP contribution in [-0.4, -0.2) is 33.2 Å². The Balaban J connectivity index is 2.49. The number of sulfonamides is 1. The molecule has 2 N–H and O–H groups in total. The van der Waals surface area contributed by atoms with Gasteiger partial charge < -0.3 is 10.1 Å². The Kier molecular flexibility index (Phi) is 6.75. The van der Waals surface area contributed by atoms with E-state index in [1.165, 1.54) is 24.3 Å². The van der Waals surface area contributed by atoms with Crippen molar-refractivity contribution in [3.8, 4) is 6.07 Å². The molecule has 0 aromatic heterocycles. The first-order valence-electron chi connectivity index (χ1n) is 7.50. The van der Waals surface area contributed by atoms with Crippen LogP contribution in [0.5, 0.6) is 0 Å². The number of carbonyl (C=O) groups is 1. The molecular weight excluding hydrogens is 330 g/mol. The number of nitrogens with one attached hydrogen (secondary N) is 2. The van der Waals surface area contributed by atoms with E-state index < -0.39 is 21.7 Å².